The van der Waals surface area contributed by atoms with Crippen molar-refractivity contribution in [3.63, 3.8) is 0 Å². The highest BCUT2D eigenvalue weighted by Gasteiger charge is 2.38. The predicted octanol–water partition coefficient (Wildman–Crippen LogP) is 10.9. The Labute approximate surface area is 610 Å². The highest BCUT2D eigenvalue weighted by atomic mass is 35.5. The number of fused-ring (bicyclic) bond motifs is 6. The van der Waals surface area contributed by atoms with E-state index >= 15 is 0 Å². The predicted molar refractivity (Wildman–Crippen MR) is 403 cm³/mol. The van der Waals surface area contributed by atoms with Crippen molar-refractivity contribution in [2.24, 2.45) is 0 Å². The fraction of sp³-hybridized carbons (Fsp3) is 0.431. The van der Waals surface area contributed by atoms with Gasteiger partial charge in [0.15, 0.2) is 46.1 Å². The lowest BCUT2D eigenvalue weighted by Gasteiger charge is -2.32. The summed E-state index contributed by atoms with van der Waals surface area (Å²) in [6.45, 7) is 37.0. The molecule has 7 aromatic heterocycles. The molecule has 13 heterocycles. The molecule has 7 N–H and O–H groups in total. The largest absolute Gasteiger partial charge is 0.444 e. The van der Waals surface area contributed by atoms with Gasteiger partial charge in [-0.1, -0.05) is 36.9 Å². The van der Waals surface area contributed by atoms with E-state index in [-0.39, 0.29) is 23.8 Å². The highest BCUT2D eigenvalue weighted by molar-refractivity contribution is 6.31. The van der Waals surface area contributed by atoms with Crippen molar-refractivity contribution in [2.45, 2.75) is 108 Å². The fourth-order valence-corrected chi connectivity index (χ4v) is 13.9. The standard InChI is InChI=1S/C26H31N9O4.C25H29N9O.C21H24ClN7O2/c1-26(2,3)39-25(37)29-11-5-10-28-21-20-22(35(24(36)31-20)17-8-12-38-13-9-17)33-23(32-21)34-15-30-18-7-6-16(27-4)14-19(18)34;1-16-28-22-23(29-17-6-10-32(3)11-7-17)30-25(31-24(22)34(16)19-8-12-35-13-9-19)33-15-27-20-5-4-18(26-2)14-21(20)33;1-13-25-18-19(23-7-10-30-2)26-21(27-20(18)29(13)15-5-8-31-9-6-15)28-12-24-16-4-3-14(22)11-17(16)28/h6-7,14-15,17H,5,8-13H2,1-3H3,(H,29,37)(H,31,36)(H,28,32,33);4-5,14-15,17,19,28H,1,6-13H2,3H3,(H,29,30,31);3-4,11-12,15,25H,1,5-10H2,2H3,(H,23,26,27). The van der Waals surface area contributed by atoms with E-state index in [9.17, 15) is 9.59 Å². The average Bonchev–Trinajstić information content (AvgIpc) is 1.63. The van der Waals surface area contributed by atoms with E-state index < -0.39 is 11.7 Å². The minimum Gasteiger partial charge on any atom is -0.444 e. The lowest BCUT2D eigenvalue weighted by Crippen LogP contribution is -2.38. The van der Waals surface area contributed by atoms with Crippen molar-refractivity contribution in [1.82, 2.24) is 78.3 Å². The molecule has 0 saturated carbocycles. The molecule has 0 unspecified atom stereocenters. The van der Waals surface area contributed by atoms with Crippen LogP contribution in [0.1, 0.15) is 84.6 Å². The molecular formula is C72H84ClN25O7. The molecule has 0 spiro atoms. The van der Waals surface area contributed by atoms with Gasteiger partial charge < -0.3 is 75.3 Å². The number of ether oxygens (including phenoxy) is 5. The highest BCUT2D eigenvalue weighted by Crippen LogP contribution is 2.45. The maximum atomic E-state index is 13.1. The summed E-state index contributed by atoms with van der Waals surface area (Å²) in [7, 11) is 3.83. The van der Waals surface area contributed by atoms with Crippen LogP contribution in [-0.4, -0.2) is 196 Å². The van der Waals surface area contributed by atoms with Gasteiger partial charge in [-0.05, 0) is 141 Å². The first-order chi connectivity index (χ1) is 51.0. The summed E-state index contributed by atoms with van der Waals surface area (Å²) in [5.41, 5.74) is 7.54. The molecule has 546 valence electrons. The van der Waals surface area contributed by atoms with Gasteiger partial charge in [-0.15, -0.1) is 0 Å². The van der Waals surface area contributed by atoms with Crippen molar-refractivity contribution in [3.05, 3.63) is 137 Å². The number of alkyl carbamates (subject to hydrolysis) is 1. The number of benzene rings is 3. The second-order valence-corrected chi connectivity index (χ2v) is 27.8. The number of rotatable bonds is 17. The molecule has 10 aromatic rings. The number of imidazole rings is 4. The summed E-state index contributed by atoms with van der Waals surface area (Å²) >= 11 is 6.24. The van der Waals surface area contributed by atoms with Gasteiger partial charge in [0.1, 0.15) is 53.1 Å². The summed E-state index contributed by atoms with van der Waals surface area (Å²) in [6, 6.07) is 17.1. The number of hydrogen-bond acceptors (Lipinski definition) is 24. The molecule has 0 bridgehead atoms. The Morgan fingerprint density at radius 3 is 1.66 bits per heavy atom. The Bertz CT molecular complexity index is 5020. The monoisotopic (exact) mass is 1450 g/mol. The molecule has 6 aliphatic heterocycles. The zero-order valence-electron chi connectivity index (χ0n) is 59.3. The number of aromatic nitrogens is 14. The first-order valence-corrected chi connectivity index (χ1v) is 35.7. The van der Waals surface area contributed by atoms with Gasteiger partial charge in [-0.3, -0.25) is 18.3 Å². The Kier molecular flexibility index (Phi) is 21.1. The lowest BCUT2D eigenvalue weighted by atomic mass is 10.1. The number of aromatic amines is 1. The molecule has 3 aromatic carbocycles. The van der Waals surface area contributed by atoms with Crippen LogP contribution < -0.4 is 47.4 Å². The van der Waals surface area contributed by atoms with Gasteiger partial charge in [0, 0.05) is 95.6 Å². The van der Waals surface area contributed by atoms with E-state index in [1.807, 2.05) is 60.2 Å². The lowest BCUT2D eigenvalue weighted by molar-refractivity contribution is 0.0527. The van der Waals surface area contributed by atoms with Crippen molar-refractivity contribution in [1.29, 1.82) is 0 Å². The van der Waals surface area contributed by atoms with Crippen LogP contribution in [0.25, 0.3) is 71.8 Å². The molecule has 4 saturated heterocycles. The Morgan fingerprint density at radius 1 is 0.638 bits per heavy atom. The van der Waals surface area contributed by atoms with Crippen LogP contribution in [-0.2, 0) is 23.7 Å². The smallest absolute Gasteiger partial charge is 0.407 e. The normalized spacial score (nSPS) is 16.8. The Hall–Kier alpha value is -11.0. The maximum Gasteiger partial charge on any atom is 0.407 e. The third kappa shape index (κ3) is 15.5. The summed E-state index contributed by atoms with van der Waals surface area (Å²) < 4.78 is 34.2. The Morgan fingerprint density at radius 2 is 1.12 bits per heavy atom. The third-order valence-electron chi connectivity index (χ3n) is 19.0. The summed E-state index contributed by atoms with van der Waals surface area (Å²) in [4.78, 5) is 84.5. The molecular weight excluding hydrogens is 1360 g/mol. The zero-order chi connectivity index (χ0) is 72.9. The number of H-pyrrole nitrogens is 1. The van der Waals surface area contributed by atoms with Crippen molar-refractivity contribution >= 4 is 114 Å². The first kappa shape index (κ1) is 71.0. The summed E-state index contributed by atoms with van der Waals surface area (Å²) in [5.74, 6) is 6.51. The summed E-state index contributed by atoms with van der Waals surface area (Å²) in [6.07, 6.45) is 12.3. The van der Waals surface area contributed by atoms with E-state index in [0.29, 0.717) is 133 Å². The van der Waals surface area contributed by atoms with Gasteiger partial charge in [0.2, 0.25) is 17.8 Å². The van der Waals surface area contributed by atoms with Crippen LogP contribution in [0.5, 0.6) is 0 Å². The van der Waals surface area contributed by atoms with Crippen LogP contribution in [0.3, 0.4) is 0 Å². The molecule has 33 heteroatoms. The first-order valence-electron chi connectivity index (χ1n) is 35.3. The Balaban J connectivity index is 0.000000133. The van der Waals surface area contributed by atoms with E-state index in [4.69, 9.17) is 78.3 Å². The molecule has 1 amide bonds. The number of anilines is 7. The number of halogens is 1. The van der Waals surface area contributed by atoms with E-state index in [1.165, 1.54) is 0 Å². The number of likely N-dealkylation sites (tertiary alicyclic amines) is 1. The minimum absolute atomic E-state index is 0.0538. The summed E-state index contributed by atoms with van der Waals surface area (Å²) in [5, 5.41) is 20.6. The fourth-order valence-electron chi connectivity index (χ4n) is 13.8. The number of piperidine rings is 1. The van der Waals surface area contributed by atoms with E-state index in [1.54, 1.807) is 59.5 Å². The molecule has 16 rings (SSSR count). The molecule has 0 atom stereocenters. The van der Waals surface area contributed by atoms with Crippen molar-refractivity contribution in [3.8, 4) is 17.8 Å². The van der Waals surface area contributed by atoms with Gasteiger partial charge in [0.05, 0.1) is 52.9 Å². The van der Waals surface area contributed by atoms with E-state index in [0.717, 1.165) is 141 Å². The molecule has 32 nitrogen and oxygen atoms in total. The number of carbonyl (C=O) groups excluding carboxylic acids is 1. The van der Waals surface area contributed by atoms with Crippen LogP contribution in [0.4, 0.5) is 56.6 Å². The molecule has 0 radical (unpaired) electrons. The quantitative estimate of drug-likeness (QED) is 0.0329. The second kappa shape index (κ2) is 31.1. The van der Waals surface area contributed by atoms with Crippen molar-refractivity contribution in [2.75, 3.05) is 130 Å². The average molecular weight is 1450 g/mol. The number of nitrogens with one attached hydrogen (secondary N) is 7. The van der Waals surface area contributed by atoms with E-state index in [2.05, 4.69) is 96.4 Å². The zero-order valence-corrected chi connectivity index (χ0v) is 60.0. The molecule has 105 heavy (non-hydrogen) atoms. The SMILES string of the molecule is C=C1Nc2c(NCCOC)nc(-n3cnc4ccc(Cl)cc43)nc2N1C1CCOCC1.[C-]#[N+]c1ccc2ncn(-c3nc(NC4CCN(C)CC4)c4c(n3)N(C3CCOCC3)C(=C)N4)c2c1.[C-]#[N+]c1ccc2ncn(-c3nc(NCCCNC(=O)OC(C)(C)C)c4[nH]c(=O)n(C5CCOCC5)c4n3)c2c1. The van der Waals surface area contributed by atoms with Crippen LogP contribution in [0.15, 0.2) is 103 Å². The van der Waals surface area contributed by atoms with Crippen LogP contribution in [0, 0.1) is 13.1 Å². The molecule has 4 fully saturated rings. The number of methoxy groups -OCH3 is 1. The van der Waals surface area contributed by atoms with Crippen LogP contribution >= 0.6 is 11.6 Å². The number of hydrogen-bond donors (Lipinski definition) is 7. The number of amides is 1. The van der Waals surface area contributed by atoms with Gasteiger partial charge in [-0.2, -0.15) is 29.9 Å². The topological polar surface area (TPSA) is 322 Å². The number of carbonyl (C=O) groups is 1. The minimum atomic E-state index is -0.568. The van der Waals surface area contributed by atoms with Gasteiger partial charge in [0.25, 0.3) is 0 Å². The van der Waals surface area contributed by atoms with Crippen molar-refractivity contribution < 1.29 is 28.5 Å². The maximum absolute atomic E-state index is 13.1. The molecule has 0 aliphatic carbocycles. The van der Waals surface area contributed by atoms with Crippen LogP contribution in [0.2, 0.25) is 5.02 Å². The van der Waals surface area contributed by atoms with Gasteiger partial charge >= 0.3 is 11.8 Å². The molecule has 6 aliphatic rings. The number of nitrogens with zero attached hydrogens (tertiary/aromatic N) is 18. The third-order valence-corrected chi connectivity index (χ3v) is 19.2. The second-order valence-electron chi connectivity index (χ2n) is 27.3. The van der Waals surface area contributed by atoms with Gasteiger partial charge in [-0.25, -0.2) is 34.2 Å².